The molecule has 0 radical (unpaired) electrons. The van der Waals surface area contributed by atoms with Crippen LogP contribution in [-0.2, 0) is 11.3 Å². The van der Waals surface area contributed by atoms with E-state index < -0.39 is 0 Å². The Balaban J connectivity index is 1.67. The Hall–Kier alpha value is -1.94. The van der Waals surface area contributed by atoms with E-state index in [1.165, 1.54) is 0 Å². The van der Waals surface area contributed by atoms with Gasteiger partial charge in [0, 0.05) is 30.1 Å². The van der Waals surface area contributed by atoms with Gasteiger partial charge >= 0.3 is 0 Å². The van der Waals surface area contributed by atoms with E-state index in [2.05, 4.69) is 22.5 Å². The van der Waals surface area contributed by atoms with Crippen molar-refractivity contribution >= 4 is 16.8 Å². The minimum atomic E-state index is 0.129. The molecule has 1 fully saturated rings. The molecular formula is C17H21N3O. The van der Waals surface area contributed by atoms with Crippen molar-refractivity contribution in [2.45, 2.75) is 32.4 Å². The predicted octanol–water partition coefficient (Wildman–Crippen LogP) is 2.24. The smallest absolute Gasteiger partial charge is 0.223 e. The number of nitrogens with zero attached hydrogens (tertiary/aromatic N) is 1. The van der Waals surface area contributed by atoms with Crippen molar-refractivity contribution < 1.29 is 4.79 Å². The second-order valence-corrected chi connectivity index (χ2v) is 5.79. The molecule has 1 saturated heterocycles. The summed E-state index contributed by atoms with van der Waals surface area (Å²) in [4.78, 5) is 16.7. The van der Waals surface area contributed by atoms with Crippen molar-refractivity contribution in [1.29, 1.82) is 0 Å². The van der Waals surface area contributed by atoms with E-state index in [1.807, 2.05) is 30.3 Å². The summed E-state index contributed by atoms with van der Waals surface area (Å²) >= 11 is 0. The highest BCUT2D eigenvalue weighted by atomic mass is 16.1. The summed E-state index contributed by atoms with van der Waals surface area (Å²) < 4.78 is 0. The molecule has 0 saturated carbocycles. The predicted molar refractivity (Wildman–Crippen MR) is 83.8 cm³/mol. The second kappa shape index (κ2) is 6.22. The minimum absolute atomic E-state index is 0.129. The van der Waals surface area contributed by atoms with Gasteiger partial charge in [0.25, 0.3) is 0 Å². The highest BCUT2D eigenvalue weighted by Crippen LogP contribution is 2.18. The van der Waals surface area contributed by atoms with E-state index in [0.29, 0.717) is 12.6 Å². The van der Waals surface area contributed by atoms with E-state index >= 15 is 0 Å². The molecule has 4 heteroatoms. The van der Waals surface area contributed by atoms with Crippen LogP contribution < -0.4 is 10.6 Å². The van der Waals surface area contributed by atoms with Gasteiger partial charge in [-0.05, 0) is 37.9 Å². The topological polar surface area (TPSA) is 54.0 Å². The van der Waals surface area contributed by atoms with Gasteiger partial charge in [0.15, 0.2) is 0 Å². The Labute approximate surface area is 125 Å². The number of rotatable bonds is 3. The lowest BCUT2D eigenvalue weighted by Gasteiger charge is -2.27. The van der Waals surface area contributed by atoms with Crippen molar-refractivity contribution in [3.63, 3.8) is 0 Å². The van der Waals surface area contributed by atoms with Crippen molar-refractivity contribution in [2.24, 2.45) is 5.92 Å². The van der Waals surface area contributed by atoms with Gasteiger partial charge in [-0.25, -0.2) is 0 Å². The third-order valence-electron chi connectivity index (χ3n) is 4.16. The Morgan fingerprint density at radius 3 is 3.10 bits per heavy atom. The van der Waals surface area contributed by atoms with Crippen LogP contribution in [-0.4, -0.2) is 23.5 Å². The molecule has 2 heterocycles. The summed E-state index contributed by atoms with van der Waals surface area (Å²) in [6.45, 7) is 3.61. The van der Waals surface area contributed by atoms with Gasteiger partial charge in [-0.2, -0.15) is 0 Å². The first-order valence-corrected chi connectivity index (χ1v) is 7.58. The number of fused-ring (bicyclic) bond motifs is 1. The largest absolute Gasteiger partial charge is 0.352 e. The number of carbonyl (C=O) groups is 1. The maximum absolute atomic E-state index is 12.3. The monoisotopic (exact) mass is 283 g/mol. The zero-order chi connectivity index (χ0) is 14.7. The van der Waals surface area contributed by atoms with Crippen LogP contribution in [0, 0.1) is 5.92 Å². The number of carbonyl (C=O) groups excluding carboxylic acids is 1. The standard InChI is InChI=1S/C17H21N3O/c1-12-10-14(7-9-18-12)17(21)20-11-15-5-2-4-13-6-3-8-19-16(13)15/h2-6,8,12,14,18H,7,9-11H2,1H3,(H,20,21)/t12-,14-/m0/s1. The van der Waals surface area contributed by atoms with E-state index in [-0.39, 0.29) is 11.8 Å². The summed E-state index contributed by atoms with van der Waals surface area (Å²) in [6.07, 6.45) is 3.63. The first kappa shape index (κ1) is 14.0. The molecule has 0 aliphatic carbocycles. The van der Waals surface area contributed by atoms with Crippen LogP contribution in [0.5, 0.6) is 0 Å². The van der Waals surface area contributed by atoms with Gasteiger partial charge in [-0.15, -0.1) is 0 Å². The number of piperidine rings is 1. The molecule has 2 N–H and O–H groups in total. The van der Waals surface area contributed by atoms with Gasteiger partial charge in [0.1, 0.15) is 0 Å². The quantitative estimate of drug-likeness (QED) is 0.908. The van der Waals surface area contributed by atoms with Gasteiger partial charge in [-0.1, -0.05) is 24.3 Å². The van der Waals surface area contributed by atoms with E-state index in [4.69, 9.17) is 0 Å². The molecule has 1 aliphatic heterocycles. The minimum Gasteiger partial charge on any atom is -0.352 e. The molecule has 0 unspecified atom stereocenters. The van der Waals surface area contributed by atoms with Crippen molar-refractivity contribution in [3.8, 4) is 0 Å². The Bertz CT molecular complexity index is 635. The molecule has 2 aromatic rings. The maximum atomic E-state index is 12.3. The lowest BCUT2D eigenvalue weighted by Crippen LogP contribution is -2.42. The average molecular weight is 283 g/mol. The molecule has 1 aromatic heterocycles. The molecular weight excluding hydrogens is 262 g/mol. The van der Waals surface area contributed by atoms with E-state index in [9.17, 15) is 4.79 Å². The van der Waals surface area contributed by atoms with Crippen LogP contribution in [0.2, 0.25) is 0 Å². The zero-order valence-corrected chi connectivity index (χ0v) is 12.3. The third-order valence-corrected chi connectivity index (χ3v) is 4.16. The number of para-hydroxylation sites is 1. The fourth-order valence-electron chi connectivity index (χ4n) is 3.01. The summed E-state index contributed by atoms with van der Waals surface area (Å²) in [5.41, 5.74) is 2.04. The normalized spacial score (nSPS) is 22.1. The Morgan fingerprint density at radius 2 is 2.24 bits per heavy atom. The zero-order valence-electron chi connectivity index (χ0n) is 12.3. The Kier molecular flexibility index (Phi) is 4.15. The molecule has 2 atom stereocenters. The van der Waals surface area contributed by atoms with Gasteiger partial charge < -0.3 is 10.6 Å². The van der Waals surface area contributed by atoms with Crippen molar-refractivity contribution in [3.05, 3.63) is 42.1 Å². The van der Waals surface area contributed by atoms with Gasteiger partial charge in [0.2, 0.25) is 5.91 Å². The van der Waals surface area contributed by atoms with Gasteiger partial charge in [-0.3, -0.25) is 9.78 Å². The van der Waals surface area contributed by atoms with Crippen LogP contribution in [0.3, 0.4) is 0 Å². The first-order valence-electron chi connectivity index (χ1n) is 7.58. The number of hydrogen-bond donors (Lipinski definition) is 2. The average Bonchev–Trinajstić information content (AvgIpc) is 2.52. The molecule has 1 amide bonds. The van der Waals surface area contributed by atoms with Crippen LogP contribution in [0.15, 0.2) is 36.5 Å². The van der Waals surface area contributed by atoms with Crippen LogP contribution in [0.25, 0.3) is 10.9 Å². The maximum Gasteiger partial charge on any atom is 0.223 e. The summed E-state index contributed by atoms with van der Waals surface area (Å²) in [6, 6.07) is 10.5. The molecule has 1 aliphatic rings. The second-order valence-electron chi connectivity index (χ2n) is 5.79. The SMILES string of the molecule is C[C@H]1C[C@@H](C(=O)NCc2cccc3cccnc23)CCN1. The van der Waals surface area contributed by atoms with Crippen molar-refractivity contribution in [2.75, 3.05) is 6.54 Å². The van der Waals surface area contributed by atoms with E-state index in [0.717, 1.165) is 35.9 Å². The fourth-order valence-corrected chi connectivity index (χ4v) is 3.01. The number of hydrogen-bond acceptors (Lipinski definition) is 3. The molecule has 110 valence electrons. The summed E-state index contributed by atoms with van der Waals surface area (Å²) in [7, 11) is 0. The lowest BCUT2D eigenvalue weighted by molar-refractivity contribution is -0.126. The van der Waals surface area contributed by atoms with Crippen LogP contribution >= 0.6 is 0 Å². The number of nitrogens with one attached hydrogen (secondary N) is 2. The lowest BCUT2D eigenvalue weighted by atomic mass is 9.92. The molecule has 4 nitrogen and oxygen atoms in total. The van der Waals surface area contributed by atoms with Crippen LogP contribution in [0.4, 0.5) is 0 Å². The molecule has 21 heavy (non-hydrogen) atoms. The highest BCUT2D eigenvalue weighted by Gasteiger charge is 2.24. The van der Waals surface area contributed by atoms with Gasteiger partial charge in [0.05, 0.1) is 5.52 Å². The fraction of sp³-hybridized carbons (Fsp3) is 0.412. The number of aromatic nitrogens is 1. The molecule has 0 spiro atoms. The first-order chi connectivity index (χ1) is 10.2. The van der Waals surface area contributed by atoms with E-state index in [1.54, 1.807) is 6.20 Å². The molecule has 0 bridgehead atoms. The number of pyridine rings is 1. The third kappa shape index (κ3) is 3.22. The molecule has 1 aromatic carbocycles. The number of amides is 1. The summed E-state index contributed by atoms with van der Waals surface area (Å²) in [5.74, 6) is 0.292. The van der Waals surface area contributed by atoms with Crippen LogP contribution in [0.1, 0.15) is 25.3 Å². The highest BCUT2D eigenvalue weighted by molar-refractivity contribution is 5.83. The summed E-state index contributed by atoms with van der Waals surface area (Å²) in [5, 5.41) is 7.56. The Morgan fingerprint density at radius 1 is 1.38 bits per heavy atom. The van der Waals surface area contributed by atoms with Crippen molar-refractivity contribution in [1.82, 2.24) is 15.6 Å². The number of benzene rings is 1. The molecule has 3 rings (SSSR count).